The molecule has 0 bridgehead atoms. The van der Waals surface area contributed by atoms with Crippen LogP contribution in [0.5, 0.6) is 0 Å². The van der Waals surface area contributed by atoms with Gasteiger partial charge in [0.2, 0.25) is 0 Å². The van der Waals surface area contributed by atoms with E-state index in [0.29, 0.717) is 0 Å². The minimum absolute atomic E-state index is 0.769. The molecule has 1 aliphatic carbocycles. The van der Waals surface area contributed by atoms with Crippen molar-refractivity contribution in [2.75, 3.05) is 33.2 Å². The van der Waals surface area contributed by atoms with Crippen molar-refractivity contribution < 1.29 is 0 Å². The van der Waals surface area contributed by atoms with Crippen LogP contribution in [0.15, 0.2) is 0 Å². The molecule has 0 radical (unpaired) electrons. The summed E-state index contributed by atoms with van der Waals surface area (Å²) in [4.78, 5) is 2.72. The zero-order valence-corrected chi connectivity index (χ0v) is 13.4. The van der Waals surface area contributed by atoms with E-state index in [1.54, 1.807) is 0 Å². The smallest absolute Gasteiger partial charge is 0.00134 e. The van der Waals surface area contributed by atoms with Crippen molar-refractivity contribution in [2.24, 2.45) is 17.3 Å². The molecule has 2 heteroatoms. The van der Waals surface area contributed by atoms with E-state index in [9.17, 15) is 0 Å². The van der Waals surface area contributed by atoms with Crippen LogP contribution in [0.2, 0.25) is 0 Å². The predicted molar refractivity (Wildman–Crippen MR) is 83.4 cm³/mol. The van der Waals surface area contributed by atoms with E-state index in [0.717, 1.165) is 17.3 Å². The molecule has 0 aromatic heterocycles. The number of nitrogens with zero attached hydrogens (tertiary/aromatic N) is 1. The van der Waals surface area contributed by atoms with E-state index in [4.69, 9.17) is 0 Å². The summed E-state index contributed by atoms with van der Waals surface area (Å²) in [5.74, 6) is 1.93. The quantitative estimate of drug-likeness (QED) is 0.758. The lowest BCUT2D eigenvalue weighted by Crippen LogP contribution is -2.47. The highest BCUT2D eigenvalue weighted by molar-refractivity contribution is 4.96. The monoisotopic (exact) mass is 266 g/mol. The largest absolute Gasteiger partial charge is 0.320 e. The first-order chi connectivity index (χ1) is 9.17. The highest BCUT2D eigenvalue weighted by Crippen LogP contribution is 2.53. The van der Waals surface area contributed by atoms with Gasteiger partial charge in [-0.05, 0) is 89.0 Å². The molecule has 1 N–H and O–H groups in total. The zero-order chi connectivity index (χ0) is 13.7. The van der Waals surface area contributed by atoms with Gasteiger partial charge in [0, 0.05) is 0 Å². The Kier molecular flexibility index (Phi) is 5.70. The first-order valence-electron chi connectivity index (χ1n) is 8.54. The van der Waals surface area contributed by atoms with Gasteiger partial charge in [-0.3, -0.25) is 0 Å². The summed E-state index contributed by atoms with van der Waals surface area (Å²) in [7, 11) is 2.07. The molecular formula is C17H34N2. The van der Waals surface area contributed by atoms with Crippen LogP contribution in [-0.2, 0) is 0 Å². The summed E-state index contributed by atoms with van der Waals surface area (Å²) < 4.78 is 0. The standard InChI is InChI=1S/C17H34N2/c1-4-15(2)6-10-19-11-7-17(8-12-19)13-16(14-17)5-9-18-3/h15-16,18H,4-14H2,1-3H3. The van der Waals surface area contributed by atoms with Crippen LogP contribution in [0, 0.1) is 17.3 Å². The Morgan fingerprint density at radius 2 is 1.95 bits per heavy atom. The van der Waals surface area contributed by atoms with E-state index in [-0.39, 0.29) is 0 Å². The Balaban J connectivity index is 1.61. The molecule has 2 fully saturated rings. The molecule has 0 aromatic rings. The summed E-state index contributed by atoms with van der Waals surface area (Å²) in [6.45, 7) is 10.00. The zero-order valence-electron chi connectivity index (χ0n) is 13.4. The van der Waals surface area contributed by atoms with Crippen molar-refractivity contribution >= 4 is 0 Å². The normalized spacial score (nSPS) is 25.4. The number of piperidine rings is 1. The molecule has 19 heavy (non-hydrogen) atoms. The lowest BCUT2D eigenvalue weighted by atomic mass is 9.57. The lowest BCUT2D eigenvalue weighted by molar-refractivity contribution is -0.0165. The van der Waals surface area contributed by atoms with Gasteiger partial charge in [0.1, 0.15) is 0 Å². The molecule has 2 rings (SSSR count). The molecule has 112 valence electrons. The fourth-order valence-electron chi connectivity index (χ4n) is 3.98. The molecule has 1 atom stereocenters. The maximum absolute atomic E-state index is 3.29. The van der Waals surface area contributed by atoms with Gasteiger partial charge in [-0.2, -0.15) is 0 Å². The van der Waals surface area contributed by atoms with Crippen LogP contribution < -0.4 is 5.32 Å². The minimum Gasteiger partial charge on any atom is -0.320 e. The number of hydrogen-bond acceptors (Lipinski definition) is 2. The second-order valence-corrected chi connectivity index (χ2v) is 7.31. The summed E-state index contributed by atoms with van der Waals surface area (Å²) in [6, 6.07) is 0. The fourth-order valence-corrected chi connectivity index (χ4v) is 3.98. The SMILES string of the molecule is CCC(C)CCN1CCC2(CC1)CC(CCNC)C2. The highest BCUT2D eigenvalue weighted by atomic mass is 15.1. The minimum atomic E-state index is 0.769. The van der Waals surface area contributed by atoms with Crippen molar-refractivity contribution in [3.05, 3.63) is 0 Å². The van der Waals surface area contributed by atoms with Crippen LogP contribution in [0.1, 0.15) is 58.8 Å². The average Bonchev–Trinajstić information content (AvgIpc) is 2.41. The first kappa shape index (κ1) is 15.3. The van der Waals surface area contributed by atoms with Gasteiger partial charge in [0.15, 0.2) is 0 Å². The van der Waals surface area contributed by atoms with Gasteiger partial charge in [-0.1, -0.05) is 20.3 Å². The Morgan fingerprint density at radius 3 is 2.53 bits per heavy atom. The van der Waals surface area contributed by atoms with Gasteiger partial charge in [-0.25, -0.2) is 0 Å². The van der Waals surface area contributed by atoms with Crippen molar-refractivity contribution in [1.29, 1.82) is 0 Å². The third-order valence-electron chi connectivity index (χ3n) is 5.80. The lowest BCUT2D eigenvalue weighted by Gasteiger charge is -2.52. The van der Waals surface area contributed by atoms with Crippen LogP contribution >= 0.6 is 0 Å². The fraction of sp³-hybridized carbons (Fsp3) is 1.00. The summed E-state index contributed by atoms with van der Waals surface area (Å²) >= 11 is 0. The number of rotatable bonds is 7. The third-order valence-corrected chi connectivity index (χ3v) is 5.80. The Labute approximate surface area is 120 Å². The van der Waals surface area contributed by atoms with Crippen molar-refractivity contribution in [1.82, 2.24) is 10.2 Å². The van der Waals surface area contributed by atoms with E-state index < -0.39 is 0 Å². The summed E-state index contributed by atoms with van der Waals surface area (Å²) in [5.41, 5.74) is 0.769. The Hall–Kier alpha value is -0.0800. The molecule has 2 nitrogen and oxygen atoms in total. The number of hydrogen-bond donors (Lipinski definition) is 1. The maximum Gasteiger partial charge on any atom is -0.00134 e. The van der Waals surface area contributed by atoms with Crippen LogP contribution in [0.25, 0.3) is 0 Å². The molecule has 1 aliphatic heterocycles. The van der Waals surface area contributed by atoms with E-state index in [1.165, 1.54) is 71.1 Å². The molecule has 2 aliphatic rings. The maximum atomic E-state index is 3.29. The van der Waals surface area contributed by atoms with E-state index in [1.807, 2.05) is 0 Å². The summed E-state index contributed by atoms with van der Waals surface area (Å²) in [6.07, 6.45) is 10.1. The van der Waals surface area contributed by atoms with Gasteiger partial charge in [-0.15, -0.1) is 0 Å². The molecule has 1 heterocycles. The molecule has 1 saturated heterocycles. The van der Waals surface area contributed by atoms with Gasteiger partial charge >= 0.3 is 0 Å². The Bertz CT molecular complexity index is 248. The van der Waals surface area contributed by atoms with Crippen LogP contribution in [-0.4, -0.2) is 38.1 Å². The van der Waals surface area contributed by atoms with Crippen molar-refractivity contribution in [2.45, 2.75) is 58.8 Å². The molecular weight excluding hydrogens is 232 g/mol. The van der Waals surface area contributed by atoms with Gasteiger partial charge in [0.05, 0.1) is 0 Å². The summed E-state index contributed by atoms with van der Waals surface area (Å²) in [5, 5.41) is 3.29. The van der Waals surface area contributed by atoms with Crippen molar-refractivity contribution in [3.8, 4) is 0 Å². The molecule has 0 aromatic carbocycles. The molecule has 1 spiro atoms. The molecule has 1 unspecified atom stereocenters. The van der Waals surface area contributed by atoms with Crippen molar-refractivity contribution in [3.63, 3.8) is 0 Å². The number of nitrogens with one attached hydrogen (secondary N) is 1. The molecule has 1 saturated carbocycles. The topological polar surface area (TPSA) is 15.3 Å². The van der Waals surface area contributed by atoms with Crippen LogP contribution in [0.3, 0.4) is 0 Å². The van der Waals surface area contributed by atoms with Gasteiger partial charge < -0.3 is 10.2 Å². The average molecular weight is 266 g/mol. The number of likely N-dealkylation sites (tertiary alicyclic amines) is 1. The second-order valence-electron chi connectivity index (χ2n) is 7.31. The predicted octanol–water partition coefficient (Wildman–Crippen LogP) is 3.52. The van der Waals surface area contributed by atoms with Gasteiger partial charge in [0.25, 0.3) is 0 Å². The molecule has 0 amide bonds. The highest BCUT2D eigenvalue weighted by Gasteiger charge is 2.44. The first-order valence-corrected chi connectivity index (χ1v) is 8.54. The third kappa shape index (κ3) is 4.19. The second kappa shape index (κ2) is 7.08. The van der Waals surface area contributed by atoms with E-state index in [2.05, 4.69) is 31.1 Å². The van der Waals surface area contributed by atoms with E-state index >= 15 is 0 Å². The van der Waals surface area contributed by atoms with Crippen LogP contribution in [0.4, 0.5) is 0 Å². The Morgan fingerprint density at radius 1 is 1.26 bits per heavy atom.